The minimum Gasteiger partial charge on any atom is -0.374 e. The van der Waals surface area contributed by atoms with Gasteiger partial charge in [-0.25, -0.2) is 0 Å². The summed E-state index contributed by atoms with van der Waals surface area (Å²) >= 11 is 0. The molecule has 3 heterocycles. The van der Waals surface area contributed by atoms with Crippen LogP contribution in [0.2, 0.25) is 0 Å². The summed E-state index contributed by atoms with van der Waals surface area (Å²) in [6, 6.07) is 57.5. The monoisotopic (exact) mass is 907 g/mol. The van der Waals surface area contributed by atoms with E-state index in [0.717, 1.165) is 27.8 Å². The van der Waals surface area contributed by atoms with Crippen molar-refractivity contribution in [3.8, 4) is 0 Å². The number of benzene rings is 6. The molecular formula is C55H57NO11. The normalized spacial score (nSPS) is 27.0. The Bertz CT molecular complexity index is 2390. The fraction of sp³-hybridized carbons (Fsp3) is 0.327. The van der Waals surface area contributed by atoms with Crippen molar-refractivity contribution < 1.29 is 52.2 Å². The summed E-state index contributed by atoms with van der Waals surface area (Å²) in [7, 11) is 1.53. The summed E-state index contributed by atoms with van der Waals surface area (Å²) in [5, 5.41) is 3.21. The fourth-order valence-corrected chi connectivity index (χ4v) is 8.81. The van der Waals surface area contributed by atoms with Crippen molar-refractivity contribution in [3.63, 3.8) is 0 Å². The lowest BCUT2D eigenvalue weighted by atomic mass is 9.94. The van der Waals surface area contributed by atoms with Crippen LogP contribution in [0.25, 0.3) is 0 Å². The molecule has 3 saturated heterocycles. The average Bonchev–Trinajstić information content (AvgIpc) is 3.67. The number of fused-ring (bicyclic) bond motifs is 1. The number of amides is 1. The van der Waals surface area contributed by atoms with Crippen LogP contribution in [0.1, 0.15) is 44.5 Å². The second-order valence-electron chi connectivity index (χ2n) is 16.8. The first-order chi connectivity index (χ1) is 33.0. The summed E-state index contributed by atoms with van der Waals surface area (Å²) in [5.74, 6) is -2.07. The first kappa shape index (κ1) is 46.5. The van der Waals surface area contributed by atoms with Gasteiger partial charge in [-0.2, -0.15) is 0 Å². The third kappa shape index (κ3) is 11.7. The largest absolute Gasteiger partial charge is 0.374 e. The van der Waals surface area contributed by atoms with E-state index in [1.165, 1.54) is 7.11 Å². The van der Waals surface area contributed by atoms with Crippen LogP contribution < -0.4 is 5.32 Å². The third-order valence-corrected chi connectivity index (χ3v) is 12.1. The minimum atomic E-state index is -1.71. The summed E-state index contributed by atoms with van der Waals surface area (Å²) in [4.78, 5) is 14.2. The lowest BCUT2D eigenvalue weighted by Crippen LogP contribution is -2.70. The van der Waals surface area contributed by atoms with Crippen LogP contribution in [-0.4, -0.2) is 87.6 Å². The summed E-state index contributed by atoms with van der Waals surface area (Å²) in [6.07, 6.45) is -6.70. The van der Waals surface area contributed by atoms with E-state index in [1.54, 1.807) is 12.1 Å². The zero-order valence-corrected chi connectivity index (χ0v) is 37.5. The first-order valence-electron chi connectivity index (χ1n) is 22.8. The quantitative estimate of drug-likeness (QED) is 0.0796. The Morgan fingerprint density at radius 1 is 0.612 bits per heavy atom. The van der Waals surface area contributed by atoms with Gasteiger partial charge in [0.2, 0.25) is 5.79 Å². The van der Waals surface area contributed by atoms with E-state index in [1.807, 2.05) is 170 Å². The lowest BCUT2D eigenvalue weighted by molar-refractivity contribution is -0.384. The van der Waals surface area contributed by atoms with E-state index in [2.05, 4.69) is 5.32 Å². The molecule has 0 aromatic heterocycles. The first-order valence-corrected chi connectivity index (χ1v) is 22.8. The van der Waals surface area contributed by atoms with Crippen molar-refractivity contribution in [1.82, 2.24) is 5.32 Å². The molecule has 12 nitrogen and oxygen atoms in total. The highest BCUT2D eigenvalue weighted by molar-refractivity contribution is 5.94. The second kappa shape index (κ2) is 22.9. The predicted molar refractivity (Wildman–Crippen MR) is 248 cm³/mol. The SMILES string of the molecule is CO[C@H]1O[C@@H]2CO[C@@H](c3ccccc3)O[C@H]2[C@H](OC2(COCc3ccccc3)O[C@H](COCc3ccccc3)[C@@H](OCc3ccccc3)[C@@H]2OCc2ccccc2)[C@H]1NC(=O)c1ccccc1. The Balaban J connectivity index is 1.14. The molecule has 1 unspecified atom stereocenters. The molecule has 67 heavy (non-hydrogen) atoms. The molecule has 1 amide bonds. The lowest BCUT2D eigenvalue weighted by Gasteiger charge is -2.51. The van der Waals surface area contributed by atoms with Crippen LogP contribution in [0.15, 0.2) is 182 Å². The zero-order valence-electron chi connectivity index (χ0n) is 37.5. The van der Waals surface area contributed by atoms with E-state index in [9.17, 15) is 4.79 Å². The van der Waals surface area contributed by atoms with Crippen LogP contribution in [0, 0.1) is 0 Å². The van der Waals surface area contributed by atoms with Crippen LogP contribution in [-0.2, 0) is 73.8 Å². The van der Waals surface area contributed by atoms with Crippen LogP contribution >= 0.6 is 0 Å². The zero-order chi connectivity index (χ0) is 45.7. The number of methoxy groups -OCH3 is 1. The standard InChI is InChI=1S/C55H57NO11/c1-58-54-47(56-52(57)43-28-16-6-17-29-43)50(48-45(64-54)37-63-53(65-48)44-30-18-7-19-31-44)67-55(38-60-33-40-22-10-3-11-23-40)51(62-35-42-26-14-5-15-27-42)49(61-34-41-24-12-4-13-25-41)46(66-55)36-59-32-39-20-8-2-9-21-39/h2-31,45-51,53-54H,32-38H2,1H3,(H,56,57)/t45-,46-,47-,48-,49-,50-,51+,53-,54+,55?/m1/s1. The van der Waals surface area contributed by atoms with Gasteiger partial charge in [0.15, 0.2) is 12.6 Å². The summed E-state index contributed by atoms with van der Waals surface area (Å²) in [6.45, 7) is 1.16. The van der Waals surface area contributed by atoms with Gasteiger partial charge in [-0.05, 0) is 34.4 Å². The molecule has 0 radical (unpaired) electrons. The minimum absolute atomic E-state index is 0.119. The number of carbonyl (C=O) groups is 1. The Labute approximate surface area is 391 Å². The maximum atomic E-state index is 14.2. The Kier molecular flexibility index (Phi) is 15.9. The molecule has 3 aliphatic rings. The molecule has 0 bridgehead atoms. The molecule has 1 N–H and O–H groups in total. The second-order valence-corrected chi connectivity index (χ2v) is 16.8. The van der Waals surface area contributed by atoms with E-state index in [0.29, 0.717) is 12.2 Å². The van der Waals surface area contributed by atoms with Crippen molar-refractivity contribution >= 4 is 5.91 Å². The van der Waals surface area contributed by atoms with Gasteiger partial charge in [0.25, 0.3) is 5.91 Å². The molecule has 12 heteroatoms. The number of carbonyl (C=O) groups excluding carboxylic acids is 1. The third-order valence-electron chi connectivity index (χ3n) is 12.1. The van der Waals surface area contributed by atoms with Gasteiger partial charge in [0, 0.05) is 18.2 Å². The molecule has 0 aliphatic carbocycles. The highest BCUT2D eigenvalue weighted by Crippen LogP contribution is 2.44. The Morgan fingerprint density at radius 2 is 1.13 bits per heavy atom. The molecule has 348 valence electrons. The fourth-order valence-electron chi connectivity index (χ4n) is 8.81. The van der Waals surface area contributed by atoms with Crippen LogP contribution in [0.5, 0.6) is 0 Å². The van der Waals surface area contributed by atoms with Crippen molar-refractivity contribution in [3.05, 3.63) is 215 Å². The van der Waals surface area contributed by atoms with Crippen molar-refractivity contribution in [2.24, 2.45) is 0 Å². The molecule has 0 saturated carbocycles. The molecule has 3 fully saturated rings. The highest BCUT2D eigenvalue weighted by Gasteiger charge is 2.62. The smallest absolute Gasteiger partial charge is 0.251 e. The van der Waals surface area contributed by atoms with Gasteiger partial charge in [-0.15, -0.1) is 0 Å². The number of ether oxygens (including phenoxy) is 10. The maximum absolute atomic E-state index is 14.2. The number of nitrogens with one attached hydrogen (secondary N) is 1. The molecule has 0 spiro atoms. The maximum Gasteiger partial charge on any atom is 0.251 e. The number of hydrogen-bond donors (Lipinski definition) is 1. The molecule has 9 rings (SSSR count). The number of rotatable bonds is 20. The van der Waals surface area contributed by atoms with Crippen molar-refractivity contribution in [2.45, 2.75) is 87.5 Å². The van der Waals surface area contributed by atoms with Crippen molar-refractivity contribution in [2.75, 3.05) is 26.9 Å². The summed E-state index contributed by atoms with van der Waals surface area (Å²) in [5.41, 5.74) is 5.12. The molecule has 3 aliphatic heterocycles. The van der Waals surface area contributed by atoms with Gasteiger partial charge >= 0.3 is 0 Å². The Hall–Kier alpha value is -5.61. The van der Waals surface area contributed by atoms with E-state index < -0.39 is 61.0 Å². The predicted octanol–water partition coefficient (Wildman–Crippen LogP) is 8.36. The molecule has 6 aromatic rings. The Morgan fingerprint density at radius 3 is 1.72 bits per heavy atom. The van der Waals surface area contributed by atoms with Gasteiger partial charge in [-0.1, -0.05) is 170 Å². The number of hydrogen-bond acceptors (Lipinski definition) is 11. The van der Waals surface area contributed by atoms with Gasteiger partial charge in [0.05, 0.1) is 39.6 Å². The highest BCUT2D eigenvalue weighted by atomic mass is 16.8. The van der Waals surface area contributed by atoms with Gasteiger partial charge in [-0.3, -0.25) is 4.79 Å². The van der Waals surface area contributed by atoms with Gasteiger partial charge < -0.3 is 52.7 Å². The van der Waals surface area contributed by atoms with E-state index >= 15 is 0 Å². The van der Waals surface area contributed by atoms with Crippen LogP contribution in [0.4, 0.5) is 0 Å². The molecule has 6 aromatic carbocycles. The molecular weight excluding hydrogens is 851 g/mol. The van der Waals surface area contributed by atoms with Crippen molar-refractivity contribution in [1.29, 1.82) is 0 Å². The van der Waals surface area contributed by atoms with E-state index in [-0.39, 0.29) is 45.5 Å². The van der Waals surface area contributed by atoms with Gasteiger partial charge in [0.1, 0.15) is 49.3 Å². The van der Waals surface area contributed by atoms with E-state index in [4.69, 9.17) is 47.4 Å². The summed E-state index contributed by atoms with van der Waals surface area (Å²) < 4.78 is 68.0. The van der Waals surface area contributed by atoms with Crippen LogP contribution in [0.3, 0.4) is 0 Å². The molecule has 10 atom stereocenters. The average molecular weight is 908 g/mol. The topological polar surface area (TPSA) is 121 Å².